The summed E-state index contributed by atoms with van der Waals surface area (Å²) >= 11 is 4.28. The van der Waals surface area contributed by atoms with E-state index in [1.807, 2.05) is 37.7 Å². The molecule has 0 aliphatic carbocycles. The second-order valence-corrected chi connectivity index (χ2v) is 4.95. The number of nitrogens with one attached hydrogen (secondary N) is 1. The van der Waals surface area contributed by atoms with Gasteiger partial charge in [-0.25, -0.2) is 0 Å². The van der Waals surface area contributed by atoms with Crippen molar-refractivity contribution in [2.45, 2.75) is 25.3 Å². The van der Waals surface area contributed by atoms with Gasteiger partial charge in [-0.15, -0.1) is 12.6 Å². The van der Waals surface area contributed by atoms with Gasteiger partial charge >= 0.3 is 0 Å². The van der Waals surface area contributed by atoms with E-state index in [9.17, 15) is 4.79 Å². The van der Waals surface area contributed by atoms with Gasteiger partial charge in [-0.3, -0.25) is 9.48 Å². The van der Waals surface area contributed by atoms with Crippen LogP contribution in [0, 0.1) is 13.8 Å². The predicted octanol–water partition coefficient (Wildman–Crippen LogP) is 2.26. The minimum Gasteiger partial charge on any atom is -0.348 e. The average Bonchev–Trinajstić information content (AvgIpc) is 2.61. The van der Waals surface area contributed by atoms with Gasteiger partial charge in [0.1, 0.15) is 0 Å². The van der Waals surface area contributed by atoms with Crippen molar-refractivity contribution in [3.8, 4) is 0 Å². The number of benzene rings is 1. The van der Waals surface area contributed by atoms with E-state index in [1.165, 1.54) is 0 Å². The van der Waals surface area contributed by atoms with Gasteiger partial charge in [0.15, 0.2) is 0 Å². The van der Waals surface area contributed by atoms with Gasteiger partial charge in [-0.05, 0) is 26.0 Å². The molecular weight excluding hydrogens is 258 g/mol. The number of hydrogen-bond donors (Lipinski definition) is 2. The van der Waals surface area contributed by atoms with E-state index in [0.29, 0.717) is 17.0 Å². The highest BCUT2D eigenvalue weighted by Crippen LogP contribution is 2.14. The van der Waals surface area contributed by atoms with Crippen molar-refractivity contribution in [3.63, 3.8) is 0 Å². The van der Waals surface area contributed by atoms with Crippen LogP contribution in [0.4, 0.5) is 0 Å². The van der Waals surface area contributed by atoms with E-state index in [2.05, 4.69) is 23.0 Å². The number of carbonyl (C=O) groups excluding carboxylic acids is 1. The first-order chi connectivity index (χ1) is 9.00. The van der Waals surface area contributed by atoms with Gasteiger partial charge in [-0.2, -0.15) is 5.10 Å². The summed E-state index contributed by atoms with van der Waals surface area (Å²) in [6.07, 6.45) is 0. The van der Waals surface area contributed by atoms with Crippen molar-refractivity contribution in [1.29, 1.82) is 0 Å². The zero-order valence-electron chi connectivity index (χ0n) is 11.3. The Morgan fingerprint density at radius 3 is 2.63 bits per heavy atom. The molecule has 2 aromatic rings. The maximum Gasteiger partial charge on any atom is 0.252 e. The van der Waals surface area contributed by atoms with E-state index in [-0.39, 0.29) is 5.91 Å². The minimum absolute atomic E-state index is 0.117. The summed E-state index contributed by atoms with van der Waals surface area (Å²) in [7, 11) is 1.90. The molecule has 19 heavy (non-hydrogen) atoms. The molecule has 0 aliphatic rings. The molecule has 1 amide bonds. The van der Waals surface area contributed by atoms with E-state index in [1.54, 1.807) is 12.1 Å². The van der Waals surface area contributed by atoms with Gasteiger partial charge in [0.25, 0.3) is 5.91 Å². The van der Waals surface area contributed by atoms with E-state index in [0.717, 1.165) is 17.0 Å². The van der Waals surface area contributed by atoms with Crippen molar-refractivity contribution in [2.24, 2.45) is 7.05 Å². The van der Waals surface area contributed by atoms with Crippen LogP contribution in [-0.2, 0) is 13.6 Å². The molecule has 1 heterocycles. The normalized spacial score (nSPS) is 10.5. The molecule has 1 N–H and O–H groups in total. The Kier molecular flexibility index (Phi) is 3.95. The summed E-state index contributed by atoms with van der Waals surface area (Å²) in [5, 5.41) is 7.24. The van der Waals surface area contributed by atoms with Gasteiger partial charge in [0, 0.05) is 29.7 Å². The topological polar surface area (TPSA) is 46.9 Å². The molecule has 4 nitrogen and oxygen atoms in total. The molecule has 1 aromatic carbocycles. The summed E-state index contributed by atoms with van der Waals surface area (Å²) < 4.78 is 1.82. The van der Waals surface area contributed by atoms with Crippen LogP contribution in [0.2, 0.25) is 0 Å². The number of hydrogen-bond acceptors (Lipinski definition) is 3. The maximum atomic E-state index is 12.1. The lowest BCUT2D eigenvalue weighted by Crippen LogP contribution is -2.23. The van der Waals surface area contributed by atoms with Crippen LogP contribution < -0.4 is 5.32 Å². The third kappa shape index (κ3) is 2.81. The molecule has 0 bridgehead atoms. The fourth-order valence-electron chi connectivity index (χ4n) is 2.00. The molecule has 0 radical (unpaired) electrons. The molecule has 0 spiro atoms. The third-order valence-corrected chi connectivity index (χ3v) is 3.62. The summed E-state index contributed by atoms with van der Waals surface area (Å²) in [5.74, 6) is -0.117. The molecule has 0 fully saturated rings. The van der Waals surface area contributed by atoms with Crippen LogP contribution in [0.25, 0.3) is 0 Å². The van der Waals surface area contributed by atoms with Gasteiger partial charge in [-0.1, -0.05) is 12.1 Å². The number of thiol groups is 1. The summed E-state index contributed by atoms with van der Waals surface area (Å²) in [5.41, 5.74) is 3.66. The predicted molar refractivity (Wildman–Crippen MR) is 77.5 cm³/mol. The highest BCUT2D eigenvalue weighted by Gasteiger charge is 2.12. The Balaban J connectivity index is 2.11. The van der Waals surface area contributed by atoms with Crippen LogP contribution in [-0.4, -0.2) is 15.7 Å². The molecule has 0 saturated carbocycles. The number of carbonyl (C=O) groups is 1. The van der Waals surface area contributed by atoms with E-state index >= 15 is 0 Å². The zero-order chi connectivity index (χ0) is 14.0. The van der Waals surface area contributed by atoms with Crippen LogP contribution in [0.3, 0.4) is 0 Å². The third-order valence-electron chi connectivity index (χ3n) is 3.23. The number of aryl methyl sites for hydroxylation is 2. The lowest BCUT2D eigenvalue weighted by Gasteiger charge is -2.07. The fraction of sp³-hybridized carbons (Fsp3) is 0.286. The molecule has 0 saturated heterocycles. The molecule has 0 atom stereocenters. The lowest BCUT2D eigenvalue weighted by molar-refractivity contribution is 0.0948. The van der Waals surface area contributed by atoms with Gasteiger partial charge < -0.3 is 5.32 Å². The van der Waals surface area contributed by atoms with Crippen molar-refractivity contribution >= 4 is 18.5 Å². The van der Waals surface area contributed by atoms with Crippen LogP contribution >= 0.6 is 12.6 Å². The second-order valence-electron chi connectivity index (χ2n) is 4.47. The Morgan fingerprint density at radius 1 is 1.37 bits per heavy atom. The second kappa shape index (κ2) is 5.48. The smallest absolute Gasteiger partial charge is 0.252 e. The molecule has 0 unspecified atom stereocenters. The van der Waals surface area contributed by atoms with E-state index in [4.69, 9.17) is 0 Å². The highest BCUT2D eigenvalue weighted by atomic mass is 32.1. The van der Waals surface area contributed by atoms with Crippen molar-refractivity contribution in [3.05, 3.63) is 46.8 Å². The van der Waals surface area contributed by atoms with E-state index < -0.39 is 0 Å². The number of aromatic nitrogens is 2. The average molecular weight is 275 g/mol. The Hall–Kier alpha value is -1.75. The summed E-state index contributed by atoms with van der Waals surface area (Å²) in [6, 6.07) is 7.25. The van der Waals surface area contributed by atoms with Crippen LogP contribution in [0.5, 0.6) is 0 Å². The summed E-state index contributed by atoms with van der Waals surface area (Å²) in [4.78, 5) is 12.8. The molecule has 0 aliphatic heterocycles. The quantitative estimate of drug-likeness (QED) is 0.844. The Bertz CT molecular complexity index is 619. The standard InChI is InChI=1S/C14H17N3OS/c1-9-12(10(2)17(3)16-9)8-15-14(18)11-6-4-5-7-13(11)19/h4-7,19H,8H2,1-3H3,(H,15,18). The Morgan fingerprint density at radius 2 is 2.05 bits per heavy atom. The number of amides is 1. The van der Waals surface area contributed by atoms with Crippen molar-refractivity contribution in [1.82, 2.24) is 15.1 Å². The minimum atomic E-state index is -0.117. The largest absolute Gasteiger partial charge is 0.348 e. The SMILES string of the molecule is Cc1nn(C)c(C)c1CNC(=O)c1ccccc1S. The highest BCUT2D eigenvalue weighted by molar-refractivity contribution is 7.80. The van der Waals surface area contributed by atoms with Crippen LogP contribution in [0.15, 0.2) is 29.2 Å². The number of nitrogens with zero attached hydrogens (tertiary/aromatic N) is 2. The van der Waals surface area contributed by atoms with Gasteiger partial charge in [0.2, 0.25) is 0 Å². The first-order valence-corrected chi connectivity index (χ1v) is 6.50. The molecular formula is C14H17N3OS. The fourth-order valence-corrected chi connectivity index (χ4v) is 2.26. The first kappa shape index (κ1) is 13.7. The van der Waals surface area contributed by atoms with Crippen molar-refractivity contribution < 1.29 is 4.79 Å². The van der Waals surface area contributed by atoms with Crippen molar-refractivity contribution in [2.75, 3.05) is 0 Å². The molecule has 100 valence electrons. The monoisotopic (exact) mass is 275 g/mol. The Labute approximate surface area is 118 Å². The van der Waals surface area contributed by atoms with Gasteiger partial charge in [0.05, 0.1) is 11.3 Å². The summed E-state index contributed by atoms with van der Waals surface area (Å²) in [6.45, 7) is 4.42. The number of rotatable bonds is 3. The molecule has 1 aromatic heterocycles. The maximum absolute atomic E-state index is 12.1. The molecule has 2 rings (SSSR count). The van der Waals surface area contributed by atoms with Crippen LogP contribution in [0.1, 0.15) is 27.3 Å². The zero-order valence-corrected chi connectivity index (χ0v) is 12.2. The lowest BCUT2D eigenvalue weighted by atomic mass is 10.1. The molecule has 5 heteroatoms. The first-order valence-electron chi connectivity index (χ1n) is 6.06.